The molecular formula is C10H11F2N. The van der Waals surface area contributed by atoms with Crippen LogP contribution in [0.15, 0.2) is 18.2 Å². The fraction of sp³-hybridized carbons (Fsp3) is 0.400. The van der Waals surface area contributed by atoms with E-state index in [1.807, 2.05) is 0 Å². The Morgan fingerprint density at radius 3 is 2.92 bits per heavy atom. The molecule has 13 heavy (non-hydrogen) atoms. The lowest BCUT2D eigenvalue weighted by atomic mass is 10.0. The van der Waals surface area contributed by atoms with E-state index in [1.54, 1.807) is 12.1 Å². The van der Waals surface area contributed by atoms with Gasteiger partial charge in [-0.1, -0.05) is 6.07 Å². The van der Waals surface area contributed by atoms with E-state index < -0.39 is 6.43 Å². The molecule has 0 aromatic heterocycles. The van der Waals surface area contributed by atoms with Crippen molar-refractivity contribution in [3.8, 4) is 0 Å². The fourth-order valence-corrected chi connectivity index (χ4v) is 1.63. The topological polar surface area (TPSA) is 12.0 Å². The summed E-state index contributed by atoms with van der Waals surface area (Å²) in [6, 6.07) is 4.84. The molecule has 1 aromatic rings. The molecule has 1 aliphatic rings. The number of nitrogens with one attached hydrogen (secondary N) is 1. The fourth-order valence-electron chi connectivity index (χ4n) is 1.63. The Balaban J connectivity index is 2.35. The quantitative estimate of drug-likeness (QED) is 0.705. The van der Waals surface area contributed by atoms with Crippen molar-refractivity contribution in [3.05, 3.63) is 29.3 Å². The van der Waals surface area contributed by atoms with Gasteiger partial charge in [0.1, 0.15) is 0 Å². The molecule has 0 fully saturated rings. The molecule has 1 aliphatic heterocycles. The number of alkyl halides is 2. The van der Waals surface area contributed by atoms with Crippen molar-refractivity contribution in [1.82, 2.24) is 0 Å². The highest BCUT2D eigenvalue weighted by Crippen LogP contribution is 2.27. The van der Waals surface area contributed by atoms with Crippen LogP contribution in [0, 0.1) is 0 Å². The number of fused-ring (bicyclic) bond motifs is 1. The first-order valence-electron chi connectivity index (χ1n) is 4.42. The van der Waals surface area contributed by atoms with Crippen LogP contribution in [-0.2, 0) is 6.42 Å². The SMILES string of the molecule is FC(F)c1ccc2c(c1)CCCN2. The highest BCUT2D eigenvalue weighted by molar-refractivity contribution is 5.54. The van der Waals surface area contributed by atoms with Crippen molar-refractivity contribution in [2.75, 3.05) is 11.9 Å². The van der Waals surface area contributed by atoms with E-state index in [4.69, 9.17) is 0 Å². The molecule has 0 amide bonds. The maximum Gasteiger partial charge on any atom is 0.263 e. The van der Waals surface area contributed by atoms with Crippen LogP contribution in [0.4, 0.5) is 14.5 Å². The van der Waals surface area contributed by atoms with Crippen LogP contribution < -0.4 is 5.32 Å². The predicted molar refractivity (Wildman–Crippen MR) is 48.2 cm³/mol. The molecule has 2 rings (SSSR count). The second kappa shape index (κ2) is 3.32. The standard InChI is InChI=1S/C10H11F2N/c11-10(12)8-3-4-9-7(6-8)2-1-5-13-9/h3-4,6,10,13H,1-2,5H2. The molecule has 70 valence electrons. The Kier molecular flexibility index (Phi) is 2.17. The molecule has 0 radical (unpaired) electrons. The van der Waals surface area contributed by atoms with E-state index in [0.717, 1.165) is 30.6 Å². The summed E-state index contributed by atoms with van der Waals surface area (Å²) in [5.74, 6) is 0. The van der Waals surface area contributed by atoms with Gasteiger partial charge < -0.3 is 5.32 Å². The lowest BCUT2D eigenvalue weighted by Gasteiger charge is -2.18. The second-order valence-electron chi connectivity index (χ2n) is 3.25. The van der Waals surface area contributed by atoms with E-state index in [0.29, 0.717) is 0 Å². The summed E-state index contributed by atoms with van der Waals surface area (Å²) in [6.45, 7) is 0.945. The summed E-state index contributed by atoms with van der Waals surface area (Å²) in [5, 5.41) is 3.18. The van der Waals surface area contributed by atoms with Crippen molar-refractivity contribution in [2.24, 2.45) is 0 Å². The third-order valence-electron chi connectivity index (χ3n) is 2.32. The van der Waals surface area contributed by atoms with Gasteiger partial charge in [0.2, 0.25) is 0 Å². The summed E-state index contributed by atoms with van der Waals surface area (Å²) < 4.78 is 24.6. The van der Waals surface area contributed by atoms with Crippen molar-refractivity contribution < 1.29 is 8.78 Å². The molecule has 0 atom stereocenters. The van der Waals surface area contributed by atoms with Crippen LogP contribution >= 0.6 is 0 Å². The molecule has 1 nitrogen and oxygen atoms in total. The number of benzene rings is 1. The molecule has 0 spiro atoms. The minimum Gasteiger partial charge on any atom is -0.385 e. The summed E-state index contributed by atoms with van der Waals surface area (Å²) in [5.41, 5.74) is 2.15. The number of hydrogen-bond acceptors (Lipinski definition) is 1. The van der Waals surface area contributed by atoms with Gasteiger partial charge in [-0.2, -0.15) is 0 Å². The Morgan fingerprint density at radius 1 is 1.31 bits per heavy atom. The zero-order chi connectivity index (χ0) is 9.26. The van der Waals surface area contributed by atoms with Gasteiger partial charge in [0.15, 0.2) is 0 Å². The van der Waals surface area contributed by atoms with E-state index in [1.165, 1.54) is 6.07 Å². The van der Waals surface area contributed by atoms with Gasteiger partial charge in [-0.3, -0.25) is 0 Å². The minimum absolute atomic E-state index is 0.127. The maximum absolute atomic E-state index is 12.3. The van der Waals surface area contributed by atoms with Gasteiger partial charge in [-0.05, 0) is 30.5 Å². The van der Waals surface area contributed by atoms with Crippen molar-refractivity contribution in [2.45, 2.75) is 19.3 Å². The van der Waals surface area contributed by atoms with Crippen LogP contribution in [0.3, 0.4) is 0 Å². The molecule has 0 saturated carbocycles. The van der Waals surface area contributed by atoms with Crippen molar-refractivity contribution >= 4 is 5.69 Å². The number of anilines is 1. The number of aryl methyl sites for hydroxylation is 1. The highest BCUT2D eigenvalue weighted by Gasteiger charge is 2.12. The largest absolute Gasteiger partial charge is 0.385 e. The van der Waals surface area contributed by atoms with Crippen molar-refractivity contribution in [3.63, 3.8) is 0 Å². The monoisotopic (exact) mass is 183 g/mol. The minimum atomic E-state index is -2.35. The zero-order valence-corrected chi connectivity index (χ0v) is 7.19. The molecule has 1 N–H and O–H groups in total. The molecule has 0 aliphatic carbocycles. The summed E-state index contributed by atoms with van der Waals surface area (Å²) >= 11 is 0. The smallest absolute Gasteiger partial charge is 0.263 e. The molecule has 0 bridgehead atoms. The maximum atomic E-state index is 12.3. The van der Waals surface area contributed by atoms with Gasteiger partial charge in [0.05, 0.1) is 0 Å². The lowest BCUT2D eigenvalue weighted by molar-refractivity contribution is 0.151. The first-order valence-corrected chi connectivity index (χ1v) is 4.42. The molecule has 1 heterocycles. The van der Waals surface area contributed by atoms with Crippen LogP contribution in [-0.4, -0.2) is 6.54 Å². The van der Waals surface area contributed by atoms with Gasteiger partial charge in [-0.25, -0.2) is 8.78 Å². The Morgan fingerprint density at radius 2 is 2.15 bits per heavy atom. The Hall–Kier alpha value is -1.12. The number of halogens is 2. The van der Waals surface area contributed by atoms with Crippen LogP contribution in [0.1, 0.15) is 24.0 Å². The van der Waals surface area contributed by atoms with E-state index in [2.05, 4.69) is 5.32 Å². The van der Waals surface area contributed by atoms with Gasteiger partial charge in [-0.15, -0.1) is 0 Å². The third-order valence-corrected chi connectivity index (χ3v) is 2.32. The van der Waals surface area contributed by atoms with Gasteiger partial charge >= 0.3 is 0 Å². The molecule has 3 heteroatoms. The number of rotatable bonds is 1. The van der Waals surface area contributed by atoms with E-state index in [9.17, 15) is 8.78 Å². The van der Waals surface area contributed by atoms with Gasteiger partial charge in [0, 0.05) is 17.8 Å². The lowest BCUT2D eigenvalue weighted by Crippen LogP contribution is -2.11. The Bertz CT molecular complexity index is 310. The molecule has 0 unspecified atom stereocenters. The van der Waals surface area contributed by atoms with Crippen LogP contribution in [0.2, 0.25) is 0 Å². The van der Waals surface area contributed by atoms with E-state index >= 15 is 0 Å². The van der Waals surface area contributed by atoms with Crippen LogP contribution in [0.5, 0.6) is 0 Å². The molecule has 1 aromatic carbocycles. The average molecular weight is 183 g/mol. The van der Waals surface area contributed by atoms with Gasteiger partial charge in [0.25, 0.3) is 6.43 Å². The Labute approximate surface area is 75.8 Å². The first-order chi connectivity index (χ1) is 6.27. The summed E-state index contributed by atoms with van der Waals surface area (Å²) in [6.07, 6.45) is -0.421. The van der Waals surface area contributed by atoms with Crippen molar-refractivity contribution in [1.29, 1.82) is 0 Å². The zero-order valence-electron chi connectivity index (χ0n) is 7.19. The predicted octanol–water partition coefficient (Wildman–Crippen LogP) is 2.98. The second-order valence-corrected chi connectivity index (χ2v) is 3.25. The first kappa shape index (κ1) is 8.48. The molecular weight excluding hydrogens is 172 g/mol. The summed E-state index contributed by atoms with van der Waals surface area (Å²) in [4.78, 5) is 0. The number of hydrogen-bond donors (Lipinski definition) is 1. The van der Waals surface area contributed by atoms with E-state index in [-0.39, 0.29) is 5.56 Å². The average Bonchev–Trinajstić information content (AvgIpc) is 2.17. The third kappa shape index (κ3) is 1.64. The summed E-state index contributed by atoms with van der Waals surface area (Å²) in [7, 11) is 0. The highest BCUT2D eigenvalue weighted by atomic mass is 19.3. The normalized spacial score (nSPS) is 15.3. The molecule has 0 saturated heterocycles. The van der Waals surface area contributed by atoms with Crippen LogP contribution in [0.25, 0.3) is 0 Å².